The lowest BCUT2D eigenvalue weighted by molar-refractivity contribution is -0.116. The first-order valence-electron chi connectivity index (χ1n) is 8.19. The fourth-order valence-corrected chi connectivity index (χ4v) is 4.55. The molecule has 0 aliphatic heterocycles. The molecule has 0 aromatic rings. The average Bonchev–Trinajstić information content (AvgIpc) is 2.49. The Labute approximate surface area is 147 Å². The highest BCUT2D eigenvalue weighted by Crippen LogP contribution is 2.69. The van der Waals surface area contributed by atoms with Gasteiger partial charge in [0.25, 0.3) is 5.08 Å². The molecule has 0 unspecified atom stereocenters. The molecule has 0 saturated carbocycles. The van der Waals surface area contributed by atoms with E-state index in [0.29, 0.717) is 13.0 Å². The van der Waals surface area contributed by atoms with Crippen LogP contribution in [0.25, 0.3) is 0 Å². The zero-order valence-electron chi connectivity index (χ0n) is 14.2. The summed E-state index contributed by atoms with van der Waals surface area (Å²) in [6.45, 7) is 3.96. The molecule has 0 saturated heterocycles. The van der Waals surface area contributed by atoms with Crippen LogP contribution >= 0.6 is 15.2 Å². The number of unbranched alkanes of at least 4 members (excludes halogenated alkanes) is 7. The van der Waals surface area contributed by atoms with Crippen molar-refractivity contribution >= 4 is 21.1 Å². The predicted octanol–water partition coefficient (Wildman–Crippen LogP) is 1.80. The number of hydrogen-bond donors (Lipinski definition) is 6. The van der Waals surface area contributed by atoms with Gasteiger partial charge in [-0.05, 0) is 25.3 Å². The number of hydrogen-bond acceptors (Lipinski definition) is 4. The third-order valence-electron chi connectivity index (χ3n) is 3.86. The van der Waals surface area contributed by atoms with Crippen molar-refractivity contribution in [1.82, 2.24) is 5.32 Å². The SMILES string of the molecule is C=CC(=O)NCCCCCCCCCCC(O)(P(=O)(O)O)P(=O)(O)O. The van der Waals surface area contributed by atoms with Crippen LogP contribution in [0.3, 0.4) is 0 Å². The summed E-state index contributed by atoms with van der Waals surface area (Å²) >= 11 is 0. The Morgan fingerprint density at radius 1 is 0.880 bits per heavy atom. The monoisotopic (exact) mass is 401 g/mol. The van der Waals surface area contributed by atoms with E-state index in [-0.39, 0.29) is 12.3 Å². The Balaban J connectivity index is 3.82. The molecule has 0 spiro atoms. The molecular weight excluding hydrogens is 372 g/mol. The molecule has 148 valence electrons. The van der Waals surface area contributed by atoms with Gasteiger partial charge in [-0.2, -0.15) is 0 Å². The Morgan fingerprint density at radius 3 is 1.68 bits per heavy atom. The minimum Gasteiger partial charge on any atom is -0.368 e. The molecule has 6 N–H and O–H groups in total. The van der Waals surface area contributed by atoms with Crippen LogP contribution in [-0.2, 0) is 13.9 Å². The highest BCUT2D eigenvalue weighted by Gasteiger charge is 2.58. The van der Waals surface area contributed by atoms with Gasteiger partial charge in [0.2, 0.25) is 5.91 Å². The molecule has 0 atom stereocenters. The zero-order valence-corrected chi connectivity index (χ0v) is 16.0. The largest absolute Gasteiger partial charge is 0.369 e. The van der Waals surface area contributed by atoms with E-state index in [1.807, 2.05) is 0 Å². The third-order valence-corrected chi connectivity index (χ3v) is 7.73. The van der Waals surface area contributed by atoms with E-state index < -0.39 is 26.7 Å². The van der Waals surface area contributed by atoms with Crippen molar-refractivity contribution in [3.05, 3.63) is 12.7 Å². The molecule has 0 heterocycles. The van der Waals surface area contributed by atoms with Gasteiger partial charge in [-0.1, -0.05) is 45.1 Å². The number of amides is 1. The lowest BCUT2D eigenvalue weighted by Crippen LogP contribution is -2.28. The summed E-state index contributed by atoms with van der Waals surface area (Å²) in [6, 6.07) is 0. The van der Waals surface area contributed by atoms with Crippen molar-refractivity contribution in [2.45, 2.75) is 62.9 Å². The Bertz CT molecular complexity index is 491. The molecule has 11 heteroatoms. The second-order valence-electron chi connectivity index (χ2n) is 5.94. The minimum absolute atomic E-state index is 0.111. The fourth-order valence-electron chi connectivity index (χ4n) is 2.29. The van der Waals surface area contributed by atoms with Gasteiger partial charge in [-0.15, -0.1) is 0 Å². The molecule has 0 rings (SSSR count). The van der Waals surface area contributed by atoms with Crippen LogP contribution in [-0.4, -0.2) is 42.2 Å². The van der Waals surface area contributed by atoms with Crippen molar-refractivity contribution in [2.24, 2.45) is 0 Å². The van der Waals surface area contributed by atoms with Crippen LogP contribution in [0.4, 0.5) is 0 Å². The molecule has 0 bridgehead atoms. The second kappa shape index (κ2) is 11.2. The summed E-state index contributed by atoms with van der Waals surface area (Å²) < 4.78 is 22.3. The summed E-state index contributed by atoms with van der Waals surface area (Å²) in [6.07, 6.45) is 6.59. The normalized spacial score (nSPS) is 12.8. The fraction of sp³-hybridized carbons (Fsp3) is 0.786. The van der Waals surface area contributed by atoms with Crippen LogP contribution in [0, 0.1) is 0 Å². The molecule has 25 heavy (non-hydrogen) atoms. The summed E-state index contributed by atoms with van der Waals surface area (Å²) in [5.41, 5.74) is 0. The predicted molar refractivity (Wildman–Crippen MR) is 93.8 cm³/mol. The summed E-state index contributed by atoms with van der Waals surface area (Å²) in [5, 5.41) is 9.09. The van der Waals surface area contributed by atoms with Crippen LogP contribution in [0.15, 0.2) is 12.7 Å². The van der Waals surface area contributed by atoms with Gasteiger partial charge in [0.05, 0.1) is 0 Å². The number of carbonyl (C=O) groups excluding carboxylic acids is 1. The van der Waals surface area contributed by atoms with Crippen LogP contribution in [0.2, 0.25) is 0 Å². The zero-order chi connectivity index (χ0) is 19.6. The first kappa shape index (κ1) is 24.5. The summed E-state index contributed by atoms with van der Waals surface area (Å²) in [5.74, 6) is -0.189. The van der Waals surface area contributed by atoms with Gasteiger partial charge in [0.15, 0.2) is 0 Å². The average molecular weight is 401 g/mol. The minimum atomic E-state index is -5.34. The number of nitrogens with one attached hydrogen (secondary N) is 1. The summed E-state index contributed by atoms with van der Waals surface area (Å²) in [4.78, 5) is 46.9. The number of aliphatic hydroxyl groups is 1. The second-order valence-corrected chi connectivity index (χ2v) is 9.94. The molecule has 0 aromatic carbocycles. The molecular formula is C14H29NO8P2. The molecule has 0 aliphatic carbocycles. The van der Waals surface area contributed by atoms with E-state index in [2.05, 4.69) is 11.9 Å². The van der Waals surface area contributed by atoms with Gasteiger partial charge >= 0.3 is 15.2 Å². The highest BCUT2D eigenvalue weighted by molar-refractivity contribution is 7.72. The Morgan fingerprint density at radius 2 is 1.28 bits per heavy atom. The summed E-state index contributed by atoms with van der Waals surface area (Å²) in [7, 11) is -10.7. The first-order chi connectivity index (χ1) is 11.5. The maximum Gasteiger partial charge on any atom is 0.369 e. The van der Waals surface area contributed by atoms with Crippen LogP contribution < -0.4 is 5.32 Å². The Hall–Kier alpha value is -0.530. The lowest BCUT2D eigenvalue weighted by Gasteiger charge is -2.29. The van der Waals surface area contributed by atoms with E-state index in [4.69, 9.17) is 19.6 Å². The van der Waals surface area contributed by atoms with Crippen molar-refractivity contribution in [3.8, 4) is 0 Å². The van der Waals surface area contributed by atoms with Crippen molar-refractivity contribution in [1.29, 1.82) is 0 Å². The van der Waals surface area contributed by atoms with E-state index in [9.17, 15) is 19.0 Å². The molecule has 9 nitrogen and oxygen atoms in total. The Kier molecular flexibility index (Phi) is 11.0. The smallest absolute Gasteiger partial charge is 0.368 e. The van der Waals surface area contributed by atoms with E-state index in [0.717, 1.165) is 38.5 Å². The molecule has 0 aliphatic rings. The van der Waals surface area contributed by atoms with Gasteiger partial charge in [-0.3, -0.25) is 13.9 Å². The van der Waals surface area contributed by atoms with Gasteiger partial charge < -0.3 is 30.0 Å². The third kappa shape index (κ3) is 9.11. The van der Waals surface area contributed by atoms with Gasteiger partial charge in [-0.25, -0.2) is 0 Å². The van der Waals surface area contributed by atoms with E-state index >= 15 is 0 Å². The van der Waals surface area contributed by atoms with Crippen molar-refractivity contribution < 1.29 is 38.6 Å². The maximum atomic E-state index is 11.2. The van der Waals surface area contributed by atoms with E-state index in [1.54, 1.807) is 0 Å². The molecule has 1 amide bonds. The number of rotatable bonds is 14. The van der Waals surface area contributed by atoms with Crippen LogP contribution in [0.1, 0.15) is 57.8 Å². The highest BCUT2D eigenvalue weighted by atomic mass is 31.2. The van der Waals surface area contributed by atoms with Crippen molar-refractivity contribution in [2.75, 3.05) is 6.54 Å². The first-order valence-corrected chi connectivity index (χ1v) is 11.4. The maximum absolute atomic E-state index is 11.2. The van der Waals surface area contributed by atoms with Gasteiger partial charge in [0, 0.05) is 6.54 Å². The molecule has 0 radical (unpaired) electrons. The molecule has 0 fully saturated rings. The standard InChI is InChI=1S/C14H29NO8P2/c1-2-13(16)15-12-10-8-6-4-3-5-7-9-11-14(17,24(18,19)20)25(21,22)23/h2,17H,1,3-12H2,(H,15,16)(H2,18,19,20)(H2,21,22,23). The number of carbonyl (C=O) groups is 1. The molecule has 0 aromatic heterocycles. The van der Waals surface area contributed by atoms with Crippen LogP contribution in [0.5, 0.6) is 0 Å². The topological polar surface area (TPSA) is 164 Å². The lowest BCUT2D eigenvalue weighted by atomic mass is 10.1. The van der Waals surface area contributed by atoms with Crippen molar-refractivity contribution in [3.63, 3.8) is 0 Å². The quantitative estimate of drug-likeness (QED) is 0.146. The van der Waals surface area contributed by atoms with Gasteiger partial charge in [0.1, 0.15) is 0 Å². The van der Waals surface area contributed by atoms with E-state index in [1.165, 1.54) is 6.08 Å².